The van der Waals surface area contributed by atoms with E-state index in [2.05, 4.69) is 20.2 Å². The van der Waals surface area contributed by atoms with E-state index in [0.717, 1.165) is 24.9 Å². The quantitative estimate of drug-likeness (QED) is 0.533. The molecule has 1 aromatic carbocycles. The van der Waals surface area contributed by atoms with Crippen molar-refractivity contribution >= 4 is 17.5 Å². The number of hydrogen-bond acceptors (Lipinski definition) is 5. The molecule has 29 heavy (non-hydrogen) atoms. The highest BCUT2D eigenvalue weighted by atomic mass is 16.2. The lowest BCUT2D eigenvalue weighted by Gasteiger charge is -2.22. The van der Waals surface area contributed by atoms with E-state index in [9.17, 15) is 19.2 Å². The Morgan fingerprint density at radius 2 is 2.07 bits per heavy atom. The summed E-state index contributed by atoms with van der Waals surface area (Å²) in [7, 11) is 0. The highest BCUT2D eigenvalue weighted by Crippen LogP contribution is 2.21. The molecule has 1 fully saturated rings. The fourth-order valence-electron chi connectivity index (χ4n) is 3.71. The van der Waals surface area contributed by atoms with Gasteiger partial charge in [0.25, 0.3) is 5.56 Å². The minimum absolute atomic E-state index is 0.107. The summed E-state index contributed by atoms with van der Waals surface area (Å²) in [6, 6.07) is 7.19. The van der Waals surface area contributed by atoms with Crippen molar-refractivity contribution in [2.75, 3.05) is 11.9 Å². The molecular weight excluding hydrogens is 374 g/mol. The normalized spacial score (nSPS) is 16.7. The van der Waals surface area contributed by atoms with Crippen LogP contribution in [0.25, 0.3) is 0 Å². The number of anilines is 1. The van der Waals surface area contributed by atoms with Crippen molar-refractivity contribution in [3.05, 3.63) is 61.9 Å². The molecule has 1 aromatic heterocycles. The third-order valence-corrected chi connectivity index (χ3v) is 5.15. The SMILES string of the molecule is Cc1[nH]c(=O)[nH]c(=O)c1CCC(=O)Nc1cccc(CN2CCCC2C(N)=O)c1. The van der Waals surface area contributed by atoms with Crippen molar-refractivity contribution in [1.29, 1.82) is 0 Å². The van der Waals surface area contributed by atoms with Crippen LogP contribution in [0.15, 0.2) is 33.9 Å². The van der Waals surface area contributed by atoms with E-state index in [0.29, 0.717) is 23.5 Å². The van der Waals surface area contributed by atoms with Gasteiger partial charge in [0, 0.05) is 29.9 Å². The second-order valence-corrected chi connectivity index (χ2v) is 7.29. The van der Waals surface area contributed by atoms with Gasteiger partial charge < -0.3 is 16.0 Å². The van der Waals surface area contributed by atoms with Crippen LogP contribution in [-0.4, -0.2) is 39.3 Å². The lowest BCUT2D eigenvalue weighted by Crippen LogP contribution is -2.39. The van der Waals surface area contributed by atoms with Gasteiger partial charge in [-0.1, -0.05) is 12.1 Å². The van der Waals surface area contributed by atoms with E-state index in [1.54, 1.807) is 13.0 Å². The summed E-state index contributed by atoms with van der Waals surface area (Å²) in [5.74, 6) is -0.539. The van der Waals surface area contributed by atoms with Crippen molar-refractivity contribution in [2.24, 2.45) is 5.73 Å². The highest BCUT2D eigenvalue weighted by molar-refractivity contribution is 5.90. The van der Waals surface area contributed by atoms with Crippen LogP contribution in [0.2, 0.25) is 0 Å². The number of carbonyl (C=O) groups excluding carboxylic acids is 2. The monoisotopic (exact) mass is 399 g/mol. The number of likely N-dealkylation sites (tertiary alicyclic amines) is 1. The van der Waals surface area contributed by atoms with E-state index < -0.39 is 11.2 Å². The summed E-state index contributed by atoms with van der Waals surface area (Å²) >= 11 is 0. The highest BCUT2D eigenvalue weighted by Gasteiger charge is 2.28. The summed E-state index contributed by atoms with van der Waals surface area (Å²) in [5, 5.41) is 2.83. The molecule has 0 saturated carbocycles. The number of aromatic amines is 2. The zero-order valence-electron chi connectivity index (χ0n) is 16.3. The van der Waals surface area contributed by atoms with Gasteiger partial charge in [-0.15, -0.1) is 0 Å². The van der Waals surface area contributed by atoms with Crippen LogP contribution in [0.1, 0.15) is 36.1 Å². The molecule has 0 spiro atoms. The lowest BCUT2D eigenvalue weighted by molar-refractivity contribution is -0.122. The maximum absolute atomic E-state index is 12.3. The number of nitrogens with two attached hydrogens (primary N) is 1. The van der Waals surface area contributed by atoms with E-state index >= 15 is 0 Å². The first kappa shape index (κ1) is 20.5. The zero-order chi connectivity index (χ0) is 21.0. The number of nitrogens with one attached hydrogen (secondary N) is 3. The molecule has 1 aliphatic rings. The Hall–Kier alpha value is -3.20. The summed E-state index contributed by atoms with van der Waals surface area (Å²) in [6.07, 6.45) is 2.04. The van der Waals surface area contributed by atoms with Gasteiger partial charge in [-0.05, 0) is 50.4 Å². The van der Waals surface area contributed by atoms with E-state index in [1.807, 2.05) is 18.2 Å². The number of aryl methyl sites for hydroxylation is 1. The van der Waals surface area contributed by atoms with Gasteiger partial charge in [0.1, 0.15) is 0 Å². The van der Waals surface area contributed by atoms with Crippen LogP contribution in [0.4, 0.5) is 5.69 Å². The molecule has 1 unspecified atom stereocenters. The number of rotatable bonds is 7. The second kappa shape index (κ2) is 8.87. The number of carbonyl (C=O) groups is 2. The Labute approximate surface area is 167 Å². The molecular formula is C20H25N5O4. The Bertz CT molecular complexity index is 1030. The average molecular weight is 399 g/mol. The predicted octanol–water partition coefficient (Wildman–Crippen LogP) is 0.393. The summed E-state index contributed by atoms with van der Waals surface area (Å²) < 4.78 is 0. The van der Waals surface area contributed by atoms with Crippen molar-refractivity contribution in [2.45, 2.75) is 45.2 Å². The topological polar surface area (TPSA) is 141 Å². The fraction of sp³-hybridized carbons (Fsp3) is 0.400. The Morgan fingerprint density at radius 1 is 1.28 bits per heavy atom. The Morgan fingerprint density at radius 3 is 2.79 bits per heavy atom. The summed E-state index contributed by atoms with van der Waals surface area (Å²) in [4.78, 5) is 53.7. The predicted molar refractivity (Wildman–Crippen MR) is 108 cm³/mol. The van der Waals surface area contributed by atoms with Crippen molar-refractivity contribution in [1.82, 2.24) is 14.9 Å². The number of benzene rings is 1. The number of nitrogens with zero attached hydrogens (tertiary/aromatic N) is 1. The van der Waals surface area contributed by atoms with Gasteiger partial charge in [-0.25, -0.2) is 4.79 Å². The van der Waals surface area contributed by atoms with Gasteiger partial charge in [-0.3, -0.25) is 24.3 Å². The third-order valence-electron chi connectivity index (χ3n) is 5.15. The standard InChI is InChI=1S/C20H25N5O4/c1-12-15(19(28)24-20(29)22-12)7-8-17(26)23-14-5-2-4-13(10-14)11-25-9-3-6-16(25)18(21)27/h2,4-5,10,16H,3,6-9,11H2,1H3,(H2,21,27)(H,23,26)(H2,22,24,28,29). The number of hydrogen-bond donors (Lipinski definition) is 4. The molecule has 9 heteroatoms. The molecule has 5 N–H and O–H groups in total. The van der Waals surface area contributed by atoms with Crippen LogP contribution >= 0.6 is 0 Å². The maximum atomic E-state index is 12.3. The molecule has 1 saturated heterocycles. The molecule has 154 valence electrons. The van der Waals surface area contributed by atoms with Gasteiger partial charge >= 0.3 is 5.69 Å². The van der Waals surface area contributed by atoms with Crippen LogP contribution in [0.5, 0.6) is 0 Å². The molecule has 9 nitrogen and oxygen atoms in total. The smallest absolute Gasteiger partial charge is 0.325 e. The molecule has 3 rings (SSSR count). The van der Waals surface area contributed by atoms with Gasteiger partial charge in [0.2, 0.25) is 11.8 Å². The lowest BCUT2D eigenvalue weighted by atomic mass is 10.1. The Balaban J connectivity index is 1.60. The number of amides is 2. The molecule has 1 aliphatic heterocycles. The number of H-pyrrole nitrogens is 2. The summed E-state index contributed by atoms with van der Waals surface area (Å²) in [6.45, 7) is 3.03. The van der Waals surface area contributed by atoms with Gasteiger partial charge in [0.05, 0.1) is 6.04 Å². The first-order valence-electron chi connectivity index (χ1n) is 9.57. The number of aromatic nitrogens is 2. The molecule has 2 amide bonds. The number of primary amides is 1. The molecule has 2 aromatic rings. The average Bonchev–Trinajstić information content (AvgIpc) is 3.09. The van der Waals surface area contributed by atoms with Crippen LogP contribution in [-0.2, 0) is 22.6 Å². The second-order valence-electron chi connectivity index (χ2n) is 7.29. The largest absolute Gasteiger partial charge is 0.368 e. The van der Waals surface area contributed by atoms with Crippen molar-refractivity contribution < 1.29 is 9.59 Å². The van der Waals surface area contributed by atoms with Crippen LogP contribution in [0.3, 0.4) is 0 Å². The van der Waals surface area contributed by atoms with E-state index in [4.69, 9.17) is 5.73 Å². The minimum Gasteiger partial charge on any atom is -0.368 e. The third kappa shape index (κ3) is 5.20. The first-order chi connectivity index (χ1) is 13.8. The van der Waals surface area contributed by atoms with Crippen molar-refractivity contribution in [3.63, 3.8) is 0 Å². The van der Waals surface area contributed by atoms with Crippen molar-refractivity contribution in [3.8, 4) is 0 Å². The Kier molecular flexibility index (Phi) is 6.28. The van der Waals surface area contributed by atoms with Gasteiger partial charge in [-0.2, -0.15) is 0 Å². The fourth-order valence-corrected chi connectivity index (χ4v) is 3.71. The van der Waals surface area contributed by atoms with E-state index in [1.165, 1.54) is 0 Å². The van der Waals surface area contributed by atoms with Crippen LogP contribution in [0, 0.1) is 6.92 Å². The maximum Gasteiger partial charge on any atom is 0.325 e. The van der Waals surface area contributed by atoms with Crippen LogP contribution < -0.4 is 22.3 Å². The zero-order valence-corrected chi connectivity index (χ0v) is 16.3. The van der Waals surface area contributed by atoms with E-state index in [-0.39, 0.29) is 30.7 Å². The molecule has 0 aliphatic carbocycles. The molecule has 0 bridgehead atoms. The molecule has 2 heterocycles. The first-order valence-corrected chi connectivity index (χ1v) is 9.57. The molecule has 0 radical (unpaired) electrons. The van der Waals surface area contributed by atoms with Gasteiger partial charge in [0.15, 0.2) is 0 Å². The summed E-state index contributed by atoms with van der Waals surface area (Å²) in [5.41, 5.74) is 6.90. The molecule has 1 atom stereocenters. The minimum atomic E-state index is -0.561.